The van der Waals surface area contributed by atoms with Gasteiger partial charge >= 0.3 is 12.2 Å². The molecule has 9 fully saturated rings. The Morgan fingerprint density at radius 2 is 0.695 bits per heavy atom. The summed E-state index contributed by atoms with van der Waals surface area (Å²) in [5.41, 5.74) is 5.69. The van der Waals surface area contributed by atoms with Gasteiger partial charge in [0.05, 0.1) is 12.2 Å². The lowest BCUT2D eigenvalue weighted by Gasteiger charge is -2.27. The molecular formula is C100H123Cl2F12N23OS3. The summed E-state index contributed by atoms with van der Waals surface area (Å²) < 4.78 is 179. The maximum atomic E-state index is 14.4. The van der Waals surface area contributed by atoms with Crippen LogP contribution in [-0.4, -0.2) is 267 Å². The Hall–Kier alpha value is -9.87. The molecule has 8 atom stereocenters. The van der Waals surface area contributed by atoms with E-state index in [0.717, 1.165) is 268 Å². The summed E-state index contributed by atoms with van der Waals surface area (Å²) in [4.78, 5) is 23.1. The summed E-state index contributed by atoms with van der Waals surface area (Å²) in [5.74, 6) is 0.771. The fourth-order valence-electron chi connectivity index (χ4n) is 21.7. The lowest BCUT2D eigenvalue weighted by Crippen LogP contribution is -2.36. The monoisotopic (exact) mass is 2060 g/mol. The van der Waals surface area contributed by atoms with Gasteiger partial charge in [-0.15, -0.1) is 60.5 Å². The Morgan fingerprint density at radius 1 is 0.376 bits per heavy atom. The van der Waals surface area contributed by atoms with E-state index in [2.05, 4.69) is 85.0 Å². The van der Waals surface area contributed by atoms with Crippen molar-refractivity contribution in [2.75, 3.05) is 169 Å². The molecule has 0 N–H and O–H groups in total. The van der Waals surface area contributed by atoms with Crippen LogP contribution in [0.3, 0.4) is 0 Å². The summed E-state index contributed by atoms with van der Waals surface area (Å²) in [5, 5.41) is 37.4. The second kappa shape index (κ2) is 46.5. The van der Waals surface area contributed by atoms with Crippen molar-refractivity contribution in [2.45, 2.75) is 135 Å². The van der Waals surface area contributed by atoms with Gasteiger partial charge in [-0.05, 0) is 168 Å². The quantitative estimate of drug-likeness (QED) is 0.0258. The molecule has 1 aliphatic carbocycles. The third-order valence-corrected chi connectivity index (χ3v) is 32.4. The number of hydrogen-bond acceptors (Lipinski definition) is 23. The number of halogens is 14. The molecule has 4 aromatic carbocycles. The topological polar surface area (TPSA) is 168 Å². The Morgan fingerprint density at radius 3 is 1.02 bits per heavy atom. The van der Waals surface area contributed by atoms with E-state index in [9.17, 15) is 52.7 Å². The average Bonchev–Trinajstić information content (AvgIpc) is 1.62. The number of benzene rings is 4. The molecule has 0 radical (unpaired) electrons. The molecule has 8 saturated heterocycles. The molecule has 15 heterocycles. The minimum absolute atomic E-state index is 0. The van der Waals surface area contributed by atoms with Crippen LogP contribution in [0.15, 0.2) is 168 Å². The van der Waals surface area contributed by atoms with Crippen molar-refractivity contribution < 1.29 is 57.4 Å². The van der Waals surface area contributed by atoms with E-state index < -0.39 is 64.1 Å². The number of allylic oxidation sites excluding steroid dienone is 9. The van der Waals surface area contributed by atoms with Crippen LogP contribution in [0.2, 0.25) is 0 Å². The molecule has 20 rings (SSSR count). The second-order valence-electron chi connectivity index (χ2n) is 38.2. The van der Waals surface area contributed by atoms with Crippen molar-refractivity contribution in [3.8, 4) is 6.01 Å². The first-order valence-corrected chi connectivity index (χ1v) is 50.9. The lowest BCUT2D eigenvalue weighted by molar-refractivity contribution is -0.137. The van der Waals surface area contributed by atoms with Gasteiger partial charge in [0.1, 0.15) is 40.3 Å². The molecule has 0 bridgehead atoms. The first kappa shape index (κ1) is 105. The van der Waals surface area contributed by atoms with E-state index in [1.807, 2.05) is 137 Å². The van der Waals surface area contributed by atoms with E-state index in [0.29, 0.717) is 67.9 Å². The van der Waals surface area contributed by atoms with Gasteiger partial charge in [0.15, 0.2) is 67.8 Å². The molecule has 24 nitrogen and oxygen atoms in total. The smallest absolute Gasteiger partial charge is 0.416 e. The van der Waals surface area contributed by atoms with Crippen LogP contribution in [0, 0.1) is 76.0 Å². The highest BCUT2D eigenvalue weighted by atomic mass is 35.5. The molecule has 141 heavy (non-hydrogen) atoms. The van der Waals surface area contributed by atoms with Gasteiger partial charge < -0.3 is 72.3 Å². The molecule has 8 aromatic rings. The zero-order valence-electron chi connectivity index (χ0n) is 80.4. The highest BCUT2D eigenvalue weighted by Crippen LogP contribution is 2.45. The number of anilines is 4. The molecule has 0 spiro atoms. The third-order valence-electron chi connectivity index (χ3n) is 29.1. The highest BCUT2D eigenvalue weighted by molar-refractivity contribution is 7.99. The van der Waals surface area contributed by atoms with Crippen molar-refractivity contribution in [2.24, 2.45) is 51.9 Å². The fourth-order valence-corrected chi connectivity index (χ4v) is 24.2. The summed E-state index contributed by atoms with van der Waals surface area (Å²) in [7, 11) is 13.8. The average molecular weight is 2060 g/mol. The van der Waals surface area contributed by atoms with Crippen LogP contribution < -0.4 is 24.3 Å². The maximum absolute atomic E-state index is 14.4. The second-order valence-corrected chi connectivity index (χ2v) is 41.4. The van der Waals surface area contributed by atoms with Crippen molar-refractivity contribution in [3.05, 3.63) is 234 Å². The van der Waals surface area contributed by atoms with Gasteiger partial charge in [0.25, 0.3) is 0 Å². The Bertz CT molecular complexity index is 5450. The standard InChI is InChI=1S/3C25H29F3N6S.C25H34F3N5O.2ClH/c3*1-16-11-17(5-8-31(16)2)24-29-30-25(32(24)3)35-10-4-7-33-14-18-6-9-34(22(18)15-33)23-20(27)12-19(26)13-21(23)28;1-31-23(18-6-3-2-4-7-18)29-30-24(31)34-15-5-13-32-16-19-12-14-33(22(19)17-32)21-10-8-20(9-11-21)25(26,27)28;;/h3*5,8,11-13,18,22H,1,4,6-7,9-10,14-15H2,2-3H3;8-11,18-19,22H,2-7,12-17H2,1H3;2*1H/t3*18-,22+;;;/m100.../s1. The minimum atomic E-state index is -4.29. The van der Waals surface area contributed by atoms with Crippen molar-refractivity contribution in [1.29, 1.82) is 0 Å². The zero-order chi connectivity index (χ0) is 97.8. The number of aromatic nitrogens is 12. The third kappa shape index (κ3) is 24.2. The van der Waals surface area contributed by atoms with E-state index in [4.69, 9.17) is 4.74 Å². The Labute approximate surface area is 841 Å². The molecule has 4 aromatic heterocycles. The van der Waals surface area contributed by atoms with Crippen LogP contribution in [-0.2, 0) is 34.4 Å². The molecular weight excluding hydrogens is 1930 g/mol. The summed E-state index contributed by atoms with van der Waals surface area (Å²) >= 11 is 5.02. The molecule has 41 heteroatoms. The maximum Gasteiger partial charge on any atom is 0.416 e. The number of thioether (sulfide) groups is 3. The SMILES string of the molecule is C=C1C=C(c2nnc(SCCCN3C[C@@H]4CCN(c5c(F)cc(F)cc5F)[C@@H]4C3)n2C)C=CN1C.C=C1C=C(c2nnc(SCCCN3C[C@@H]4CCN(c5c(F)cc(F)cc5F)[C@@H]4C3)n2C)C=CN1C.C=C1C=C(c2nnc(SCCCN3C[C@H]4CCN(c5c(F)cc(F)cc5F)[C@H]4C3)n2C)C=CN1C.Cl.Cl.Cn1c(OCCCN2CC3CCN(c4ccc(C(F)(F)F)cc4)C3C2)nnc1C1CCCCC1. The number of ether oxygens (including phenoxy) is 1. The van der Waals surface area contributed by atoms with E-state index in [1.165, 1.54) is 44.2 Å². The van der Waals surface area contributed by atoms with Crippen LogP contribution in [0.1, 0.15) is 118 Å². The van der Waals surface area contributed by atoms with Gasteiger partial charge in [-0.2, -0.15) is 13.2 Å². The predicted octanol–water partition coefficient (Wildman–Crippen LogP) is 18.5. The number of alkyl halides is 3. The molecule has 11 aliphatic heterocycles. The molecule has 2 unspecified atom stereocenters. The van der Waals surface area contributed by atoms with Gasteiger partial charge in [-0.25, -0.2) is 39.5 Å². The normalized spacial score (nSPS) is 22.4. The van der Waals surface area contributed by atoms with Crippen molar-refractivity contribution in [3.63, 3.8) is 0 Å². The first-order chi connectivity index (χ1) is 66.8. The largest absolute Gasteiger partial charge is 0.464 e. The molecule has 760 valence electrons. The molecule has 12 aliphatic rings. The van der Waals surface area contributed by atoms with Gasteiger partial charge in [0.2, 0.25) is 0 Å². The van der Waals surface area contributed by atoms with Crippen LogP contribution >= 0.6 is 60.1 Å². The van der Waals surface area contributed by atoms with Crippen LogP contribution in [0.5, 0.6) is 6.01 Å². The number of likely N-dealkylation sites (tertiary alicyclic amines) is 4. The summed E-state index contributed by atoms with van der Waals surface area (Å²) in [6.45, 7) is 26.1. The van der Waals surface area contributed by atoms with E-state index >= 15 is 0 Å². The van der Waals surface area contributed by atoms with Crippen molar-refractivity contribution in [1.82, 2.24) is 93.4 Å². The number of likely N-dealkylation sites (N-methyl/N-ethyl adjacent to an activating group) is 3. The number of nitrogens with zero attached hydrogens (tertiary/aromatic N) is 23. The van der Waals surface area contributed by atoms with E-state index in [1.54, 1.807) is 62.1 Å². The Balaban J connectivity index is 0.000000141. The van der Waals surface area contributed by atoms with Crippen LogP contribution in [0.4, 0.5) is 75.4 Å². The van der Waals surface area contributed by atoms with Crippen molar-refractivity contribution >= 4 is 99.6 Å². The number of fused-ring (bicyclic) bond motifs is 4. The minimum Gasteiger partial charge on any atom is -0.464 e. The first-order valence-electron chi connectivity index (χ1n) is 48.0. The zero-order valence-corrected chi connectivity index (χ0v) is 84.5. The summed E-state index contributed by atoms with van der Waals surface area (Å²) in [6.07, 6.45) is 27.4. The molecule has 0 amide bonds. The number of hydrogen-bond donors (Lipinski definition) is 0. The van der Waals surface area contributed by atoms with Gasteiger partial charge in [-0.1, -0.05) is 79.4 Å². The number of rotatable bonds is 28. The molecule has 1 saturated carbocycles. The van der Waals surface area contributed by atoms with E-state index in [-0.39, 0.29) is 60.0 Å². The highest BCUT2D eigenvalue weighted by Gasteiger charge is 2.48. The summed E-state index contributed by atoms with van der Waals surface area (Å²) in [6, 6.07) is 11.4. The Kier molecular flexibility index (Phi) is 34.7. The van der Waals surface area contributed by atoms with Gasteiger partial charge in [0, 0.05) is 276 Å². The lowest BCUT2D eigenvalue weighted by atomic mass is 9.89. The predicted molar refractivity (Wildman–Crippen MR) is 536 cm³/mol. The van der Waals surface area contributed by atoms with Crippen LogP contribution in [0.25, 0.3) is 16.7 Å². The fraction of sp³-hybridized carbons (Fsp3) is 0.500. The van der Waals surface area contributed by atoms with Gasteiger partial charge in [-0.3, -0.25) is 4.57 Å².